The normalized spacial score (nSPS) is 11.2. The first-order valence-electron chi connectivity index (χ1n) is 6.47. The second kappa shape index (κ2) is 12.5. The van der Waals surface area contributed by atoms with Crippen LogP contribution in [0.4, 0.5) is 0 Å². The molecule has 0 aromatic heterocycles. The molecule has 0 saturated carbocycles. The van der Waals surface area contributed by atoms with Crippen molar-refractivity contribution in [1.82, 2.24) is 4.90 Å². The fourth-order valence-electron chi connectivity index (χ4n) is 1.61. The topological polar surface area (TPSA) is 43.7 Å². The first-order chi connectivity index (χ1) is 7.85. The Kier molecular flexibility index (Phi) is 12.1. The van der Waals surface area contributed by atoms with Gasteiger partial charge in [-0.25, -0.2) is 0 Å². The molecule has 0 atom stereocenters. The van der Waals surface area contributed by atoms with Crippen LogP contribution >= 0.6 is 0 Å². The molecule has 0 aliphatic heterocycles. The van der Waals surface area contributed by atoms with E-state index in [9.17, 15) is 0 Å². The van der Waals surface area contributed by atoms with E-state index < -0.39 is 0 Å². The molecule has 16 heavy (non-hydrogen) atoms. The lowest BCUT2D eigenvalue weighted by Gasteiger charge is -2.17. The van der Waals surface area contributed by atoms with Gasteiger partial charge in [0.25, 0.3) is 0 Å². The molecule has 0 aliphatic rings. The van der Waals surface area contributed by atoms with Gasteiger partial charge in [0.05, 0.1) is 13.2 Å². The Balaban J connectivity index is 3.46. The molecule has 0 unspecified atom stereocenters. The summed E-state index contributed by atoms with van der Waals surface area (Å²) in [4.78, 5) is 1.95. The molecule has 0 aromatic rings. The second-order valence-electron chi connectivity index (χ2n) is 4.07. The van der Waals surface area contributed by atoms with E-state index in [1.54, 1.807) is 0 Å². The number of hydrogen-bond acceptors (Lipinski definition) is 3. The summed E-state index contributed by atoms with van der Waals surface area (Å²) in [6, 6.07) is 0. The maximum Gasteiger partial charge on any atom is 0.0606 e. The van der Waals surface area contributed by atoms with Crippen LogP contribution in [0.2, 0.25) is 0 Å². The van der Waals surface area contributed by atoms with Crippen LogP contribution in [0.15, 0.2) is 12.3 Å². The largest absolute Gasteiger partial charge is 0.395 e. The SMILES string of the molecule is CCCCCCCC=CN(CCO)CCO. The van der Waals surface area contributed by atoms with E-state index in [0.717, 1.165) is 6.42 Å². The standard InChI is InChI=1S/C13H27NO2/c1-2-3-4-5-6-7-8-9-14(10-12-15)11-13-16/h8-9,15-16H,2-7,10-13H2,1H3. The Morgan fingerprint density at radius 2 is 1.56 bits per heavy atom. The van der Waals surface area contributed by atoms with Crippen molar-refractivity contribution in [1.29, 1.82) is 0 Å². The van der Waals surface area contributed by atoms with Crippen molar-refractivity contribution in [3.8, 4) is 0 Å². The van der Waals surface area contributed by atoms with Gasteiger partial charge in [0, 0.05) is 13.1 Å². The molecule has 0 amide bonds. The number of nitrogens with zero attached hydrogens (tertiary/aromatic N) is 1. The molecular weight excluding hydrogens is 202 g/mol. The summed E-state index contributed by atoms with van der Waals surface area (Å²) in [6.45, 7) is 3.71. The Morgan fingerprint density at radius 1 is 0.938 bits per heavy atom. The van der Waals surface area contributed by atoms with Crippen molar-refractivity contribution in [2.24, 2.45) is 0 Å². The molecule has 0 aromatic carbocycles. The molecule has 0 spiro atoms. The lowest BCUT2D eigenvalue weighted by atomic mass is 10.1. The zero-order valence-corrected chi connectivity index (χ0v) is 10.6. The van der Waals surface area contributed by atoms with Gasteiger partial charge in [0.2, 0.25) is 0 Å². The lowest BCUT2D eigenvalue weighted by molar-refractivity contribution is 0.198. The number of rotatable bonds is 11. The van der Waals surface area contributed by atoms with Gasteiger partial charge in [-0.2, -0.15) is 0 Å². The third-order valence-corrected chi connectivity index (χ3v) is 2.56. The second-order valence-corrected chi connectivity index (χ2v) is 4.07. The fraction of sp³-hybridized carbons (Fsp3) is 0.846. The molecule has 3 heteroatoms. The van der Waals surface area contributed by atoms with Crippen molar-refractivity contribution >= 4 is 0 Å². The molecule has 3 nitrogen and oxygen atoms in total. The molecule has 96 valence electrons. The summed E-state index contributed by atoms with van der Waals surface area (Å²) in [5.41, 5.74) is 0. The first-order valence-corrected chi connectivity index (χ1v) is 6.47. The molecule has 0 heterocycles. The zero-order chi connectivity index (χ0) is 12.1. The average Bonchev–Trinajstić information content (AvgIpc) is 2.28. The van der Waals surface area contributed by atoms with E-state index in [2.05, 4.69) is 13.0 Å². The van der Waals surface area contributed by atoms with E-state index in [1.165, 1.54) is 32.1 Å². The fourth-order valence-corrected chi connectivity index (χ4v) is 1.61. The van der Waals surface area contributed by atoms with Crippen molar-refractivity contribution in [3.05, 3.63) is 12.3 Å². The number of aliphatic hydroxyl groups excluding tert-OH is 2. The minimum atomic E-state index is 0.140. The molecule has 0 bridgehead atoms. The highest BCUT2D eigenvalue weighted by molar-refractivity contribution is 4.82. The number of allylic oxidation sites excluding steroid dienone is 1. The summed E-state index contributed by atoms with van der Waals surface area (Å²) in [6.07, 6.45) is 11.7. The predicted octanol–water partition coefficient (Wildman–Crippen LogP) is 2.15. The van der Waals surface area contributed by atoms with Gasteiger partial charge in [-0.1, -0.05) is 38.7 Å². The smallest absolute Gasteiger partial charge is 0.0606 e. The van der Waals surface area contributed by atoms with Crippen LogP contribution in [0, 0.1) is 0 Å². The molecule has 0 radical (unpaired) electrons. The summed E-state index contributed by atoms with van der Waals surface area (Å²) in [7, 11) is 0. The van der Waals surface area contributed by atoms with Crippen molar-refractivity contribution in [2.45, 2.75) is 45.4 Å². The predicted molar refractivity (Wildman–Crippen MR) is 68.3 cm³/mol. The highest BCUT2D eigenvalue weighted by Gasteiger charge is 1.95. The van der Waals surface area contributed by atoms with E-state index in [-0.39, 0.29) is 13.2 Å². The highest BCUT2D eigenvalue weighted by Crippen LogP contribution is 2.05. The number of hydrogen-bond donors (Lipinski definition) is 2. The summed E-state index contributed by atoms with van der Waals surface area (Å²) in [5, 5.41) is 17.6. The third kappa shape index (κ3) is 9.99. The molecule has 2 N–H and O–H groups in total. The highest BCUT2D eigenvalue weighted by atomic mass is 16.3. The number of aliphatic hydroxyl groups is 2. The lowest BCUT2D eigenvalue weighted by Crippen LogP contribution is -2.24. The van der Waals surface area contributed by atoms with Gasteiger partial charge in [-0.05, 0) is 19.0 Å². The Bertz CT molecular complexity index is 154. The van der Waals surface area contributed by atoms with Crippen LogP contribution in [-0.2, 0) is 0 Å². The van der Waals surface area contributed by atoms with Crippen LogP contribution < -0.4 is 0 Å². The molecule has 0 aliphatic carbocycles. The van der Waals surface area contributed by atoms with E-state index >= 15 is 0 Å². The van der Waals surface area contributed by atoms with Crippen LogP contribution in [0.3, 0.4) is 0 Å². The number of unbranched alkanes of at least 4 members (excludes halogenated alkanes) is 5. The Morgan fingerprint density at radius 3 is 2.12 bits per heavy atom. The van der Waals surface area contributed by atoms with Crippen LogP contribution in [0.25, 0.3) is 0 Å². The van der Waals surface area contributed by atoms with Gasteiger partial charge in [0.15, 0.2) is 0 Å². The quantitative estimate of drug-likeness (QED) is 0.534. The maximum atomic E-state index is 8.81. The monoisotopic (exact) mass is 229 g/mol. The van der Waals surface area contributed by atoms with Crippen LogP contribution in [0.1, 0.15) is 45.4 Å². The summed E-state index contributed by atoms with van der Waals surface area (Å²) in [5.74, 6) is 0. The van der Waals surface area contributed by atoms with E-state index in [1.807, 2.05) is 11.1 Å². The zero-order valence-electron chi connectivity index (χ0n) is 10.6. The van der Waals surface area contributed by atoms with Crippen LogP contribution in [0.5, 0.6) is 0 Å². The van der Waals surface area contributed by atoms with Crippen molar-refractivity contribution in [2.75, 3.05) is 26.3 Å². The van der Waals surface area contributed by atoms with E-state index in [4.69, 9.17) is 10.2 Å². The van der Waals surface area contributed by atoms with Gasteiger partial charge in [-0.15, -0.1) is 0 Å². The van der Waals surface area contributed by atoms with Crippen LogP contribution in [-0.4, -0.2) is 41.4 Å². The van der Waals surface area contributed by atoms with E-state index in [0.29, 0.717) is 13.1 Å². The van der Waals surface area contributed by atoms with Gasteiger partial charge < -0.3 is 15.1 Å². The molecule has 0 fully saturated rings. The van der Waals surface area contributed by atoms with Gasteiger partial charge >= 0.3 is 0 Å². The first kappa shape index (κ1) is 15.5. The third-order valence-electron chi connectivity index (χ3n) is 2.56. The Hall–Kier alpha value is -0.540. The van der Waals surface area contributed by atoms with Gasteiger partial charge in [0.1, 0.15) is 0 Å². The van der Waals surface area contributed by atoms with Gasteiger partial charge in [-0.3, -0.25) is 0 Å². The summed E-state index contributed by atoms with van der Waals surface area (Å²) < 4.78 is 0. The maximum absolute atomic E-state index is 8.81. The Labute approximate surface area is 99.8 Å². The summed E-state index contributed by atoms with van der Waals surface area (Å²) >= 11 is 0. The minimum Gasteiger partial charge on any atom is -0.395 e. The van der Waals surface area contributed by atoms with Crippen molar-refractivity contribution in [3.63, 3.8) is 0 Å². The minimum absolute atomic E-state index is 0.140. The van der Waals surface area contributed by atoms with Crippen molar-refractivity contribution < 1.29 is 10.2 Å². The molecular formula is C13H27NO2. The average molecular weight is 229 g/mol. The molecule has 0 saturated heterocycles. The molecule has 0 rings (SSSR count).